The summed E-state index contributed by atoms with van der Waals surface area (Å²) < 4.78 is 13.3. The standard InChI is InChI=1S/C43H42N2O7/c1-27-39(25-44(2)24-38(48)34-9-6-10-35(47)22-34)51-43(52-40(27)31-15-13-28(26-46)14-16-31)32-19-17-30(18-20-32)33-8-5-7-29(21-33)23-45-41(49)36-11-3-4-12-37(36)42(45)50/h3-22,27,38-40,43,46-48H,23-26H2,1-2H3. The van der Waals surface area contributed by atoms with Crippen LogP contribution < -0.4 is 0 Å². The fourth-order valence-corrected chi connectivity index (χ4v) is 7.09. The van der Waals surface area contributed by atoms with Crippen LogP contribution in [0.4, 0.5) is 0 Å². The third-order valence-electron chi connectivity index (χ3n) is 10.0. The summed E-state index contributed by atoms with van der Waals surface area (Å²) in [6, 6.07) is 37.2. The molecule has 1 fully saturated rings. The first-order valence-corrected chi connectivity index (χ1v) is 17.5. The number of aromatic hydroxyl groups is 1. The van der Waals surface area contributed by atoms with Crippen molar-refractivity contribution in [2.24, 2.45) is 5.92 Å². The summed E-state index contributed by atoms with van der Waals surface area (Å²) in [7, 11) is 1.94. The van der Waals surface area contributed by atoms with Gasteiger partial charge in [-0.05, 0) is 70.8 Å². The highest BCUT2D eigenvalue weighted by Crippen LogP contribution is 2.42. The summed E-state index contributed by atoms with van der Waals surface area (Å²) >= 11 is 0. The summed E-state index contributed by atoms with van der Waals surface area (Å²) in [5, 5.41) is 30.4. The molecule has 5 aromatic rings. The molecule has 7 rings (SSSR count). The van der Waals surface area contributed by atoms with Gasteiger partial charge in [0.15, 0.2) is 6.29 Å². The second-order valence-corrected chi connectivity index (χ2v) is 13.7. The molecule has 0 bridgehead atoms. The SMILES string of the molecule is CC1C(CN(C)CC(O)c2cccc(O)c2)OC(c2ccc(-c3cccc(CN4C(=O)c5ccccc5C4=O)c3)cc2)OC1c1ccc(CO)cc1. The number of imide groups is 1. The predicted octanol–water partition coefficient (Wildman–Crippen LogP) is 6.80. The molecule has 5 aromatic carbocycles. The average Bonchev–Trinajstić information content (AvgIpc) is 3.40. The van der Waals surface area contributed by atoms with Gasteiger partial charge in [-0.15, -0.1) is 0 Å². The first-order valence-electron chi connectivity index (χ1n) is 17.5. The van der Waals surface area contributed by atoms with Crippen LogP contribution in [0.2, 0.25) is 0 Å². The molecule has 2 heterocycles. The quantitative estimate of drug-likeness (QED) is 0.129. The van der Waals surface area contributed by atoms with Gasteiger partial charge in [0.2, 0.25) is 0 Å². The fourth-order valence-electron chi connectivity index (χ4n) is 7.09. The van der Waals surface area contributed by atoms with E-state index in [0.717, 1.165) is 33.4 Å². The average molecular weight is 699 g/mol. The number of carbonyl (C=O) groups is 2. The zero-order valence-corrected chi connectivity index (χ0v) is 29.1. The molecule has 0 spiro atoms. The molecular weight excluding hydrogens is 656 g/mol. The van der Waals surface area contributed by atoms with Crippen molar-refractivity contribution < 1.29 is 34.4 Å². The van der Waals surface area contributed by atoms with Crippen molar-refractivity contribution in [3.05, 3.63) is 160 Å². The van der Waals surface area contributed by atoms with Crippen LogP contribution in [-0.4, -0.2) is 63.2 Å². The van der Waals surface area contributed by atoms with Crippen molar-refractivity contribution in [1.82, 2.24) is 9.80 Å². The molecule has 0 radical (unpaired) electrons. The number of fused-ring (bicyclic) bond motifs is 1. The van der Waals surface area contributed by atoms with Crippen LogP contribution in [0.3, 0.4) is 0 Å². The number of aliphatic hydroxyl groups excluding tert-OH is 2. The number of phenolic OH excluding ortho intramolecular Hbond substituents is 1. The molecule has 3 N–H and O–H groups in total. The van der Waals surface area contributed by atoms with Gasteiger partial charge in [-0.25, -0.2) is 0 Å². The maximum atomic E-state index is 13.0. The molecule has 2 amide bonds. The number of nitrogens with zero attached hydrogens (tertiary/aromatic N) is 2. The van der Waals surface area contributed by atoms with E-state index in [2.05, 4.69) is 6.92 Å². The highest BCUT2D eigenvalue weighted by Gasteiger charge is 2.39. The van der Waals surface area contributed by atoms with Crippen LogP contribution in [0.5, 0.6) is 5.75 Å². The van der Waals surface area contributed by atoms with Gasteiger partial charge in [0.25, 0.3) is 11.8 Å². The molecule has 9 nitrogen and oxygen atoms in total. The third-order valence-corrected chi connectivity index (χ3v) is 10.0. The zero-order valence-electron chi connectivity index (χ0n) is 29.1. The van der Waals surface area contributed by atoms with E-state index in [4.69, 9.17) is 9.47 Å². The lowest BCUT2D eigenvalue weighted by Crippen LogP contribution is -2.44. The van der Waals surface area contributed by atoms with Crippen molar-refractivity contribution in [2.45, 2.75) is 44.7 Å². The lowest BCUT2D eigenvalue weighted by molar-refractivity contribution is -0.276. The monoisotopic (exact) mass is 698 g/mol. The number of phenols is 1. The number of amides is 2. The molecule has 5 atom stereocenters. The van der Waals surface area contributed by atoms with Crippen LogP contribution in [0.1, 0.15) is 74.0 Å². The van der Waals surface area contributed by atoms with E-state index in [9.17, 15) is 24.9 Å². The van der Waals surface area contributed by atoms with E-state index in [1.165, 1.54) is 4.90 Å². The van der Waals surface area contributed by atoms with Gasteiger partial charge in [-0.3, -0.25) is 14.5 Å². The van der Waals surface area contributed by atoms with Crippen molar-refractivity contribution in [1.29, 1.82) is 0 Å². The summed E-state index contributed by atoms with van der Waals surface area (Å²) in [5.41, 5.74) is 6.92. The van der Waals surface area contributed by atoms with Gasteiger partial charge in [0, 0.05) is 24.6 Å². The Labute approximate surface area is 303 Å². The fraction of sp³-hybridized carbons (Fsp3) is 0.256. The summed E-state index contributed by atoms with van der Waals surface area (Å²) in [6.45, 7) is 3.11. The number of rotatable bonds is 11. The van der Waals surface area contributed by atoms with Crippen molar-refractivity contribution in [3.8, 4) is 16.9 Å². The minimum absolute atomic E-state index is 0.0410. The molecule has 0 aliphatic carbocycles. The highest BCUT2D eigenvalue weighted by molar-refractivity contribution is 6.21. The minimum atomic E-state index is -0.788. The van der Waals surface area contributed by atoms with E-state index in [0.29, 0.717) is 29.8 Å². The molecule has 9 heteroatoms. The number of hydrogen-bond donors (Lipinski definition) is 3. The van der Waals surface area contributed by atoms with Crippen LogP contribution >= 0.6 is 0 Å². The Hall–Kier alpha value is -5.16. The normalized spacial score (nSPS) is 20.7. The van der Waals surface area contributed by atoms with Gasteiger partial charge in [0.1, 0.15) is 5.75 Å². The third kappa shape index (κ3) is 7.41. The van der Waals surface area contributed by atoms with Crippen molar-refractivity contribution in [3.63, 3.8) is 0 Å². The lowest BCUT2D eigenvalue weighted by atomic mass is 9.90. The van der Waals surface area contributed by atoms with Crippen molar-refractivity contribution in [2.75, 3.05) is 20.1 Å². The van der Waals surface area contributed by atoms with Gasteiger partial charge < -0.3 is 29.7 Å². The maximum Gasteiger partial charge on any atom is 0.261 e. The number of hydrogen-bond acceptors (Lipinski definition) is 8. The predicted molar refractivity (Wildman–Crippen MR) is 196 cm³/mol. The lowest BCUT2D eigenvalue weighted by Gasteiger charge is -2.42. The number of likely N-dealkylation sites (N-methyl/N-ethyl adjacent to an activating group) is 1. The van der Waals surface area contributed by atoms with Gasteiger partial charge in [-0.1, -0.05) is 97.9 Å². The highest BCUT2D eigenvalue weighted by atomic mass is 16.7. The number of aliphatic hydroxyl groups is 2. The summed E-state index contributed by atoms with van der Waals surface area (Å²) in [6.07, 6.45) is -1.99. The summed E-state index contributed by atoms with van der Waals surface area (Å²) in [4.78, 5) is 29.3. The Bertz CT molecular complexity index is 2010. The van der Waals surface area contributed by atoms with Crippen LogP contribution in [0.15, 0.2) is 121 Å². The first kappa shape index (κ1) is 35.3. The van der Waals surface area contributed by atoms with E-state index < -0.39 is 12.4 Å². The Kier molecular flexibility index (Phi) is 10.3. The Morgan fingerprint density at radius 3 is 2.10 bits per heavy atom. The number of benzene rings is 5. The molecule has 52 heavy (non-hydrogen) atoms. The first-order chi connectivity index (χ1) is 25.2. The molecular formula is C43H42N2O7. The van der Waals surface area contributed by atoms with Crippen LogP contribution in [-0.2, 0) is 22.6 Å². The molecule has 5 unspecified atom stereocenters. The smallest absolute Gasteiger partial charge is 0.261 e. The van der Waals surface area contributed by atoms with E-state index in [-0.39, 0.29) is 48.8 Å². The molecule has 2 aliphatic rings. The van der Waals surface area contributed by atoms with Gasteiger partial charge in [0.05, 0.1) is 42.6 Å². The number of carbonyl (C=O) groups excluding carboxylic acids is 2. The van der Waals surface area contributed by atoms with Gasteiger partial charge in [-0.2, -0.15) is 0 Å². The Morgan fingerprint density at radius 2 is 1.42 bits per heavy atom. The summed E-state index contributed by atoms with van der Waals surface area (Å²) in [5.74, 6) is -0.492. The van der Waals surface area contributed by atoms with E-state index in [1.807, 2.05) is 84.7 Å². The van der Waals surface area contributed by atoms with Crippen LogP contribution in [0, 0.1) is 5.92 Å². The molecule has 0 aromatic heterocycles. The molecule has 266 valence electrons. The van der Waals surface area contributed by atoms with Crippen LogP contribution in [0.25, 0.3) is 11.1 Å². The zero-order chi connectivity index (χ0) is 36.4. The second kappa shape index (κ2) is 15.2. The molecule has 0 saturated carbocycles. The molecule has 2 aliphatic heterocycles. The van der Waals surface area contributed by atoms with Crippen molar-refractivity contribution >= 4 is 11.8 Å². The Balaban J connectivity index is 1.08. The Morgan fingerprint density at radius 1 is 0.750 bits per heavy atom. The van der Waals surface area contributed by atoms with E-state index in [1.54, 1.807) is 48.5 Å². The second-order valence-electron chi connectivity index (χ2n) is 13.7. The topological polar surface area (TPSA) is 120 Å². The largest absolute Gasteiger partial charge is 0.508 e. The van der Waals surface area contributed by atoms with Gasteiger partial charge >= 0.3 is 0 Å². The maximum absolute atomic E-state index is 13.0. The van der Waals surface area contributed by atoms with E-state index >= 15 is 0 Å². The number of ether oxygens (including phenoxy) is 2. The molecule has 1 saturated heterocycles. The minimum Gasteiger partial charge on any atom is -0.508 e.